The Labute approximate surface area is 151 Å². The Morgan fingerprint density at radius 2 is 1.25 bits per heavy atom. The number of para-hydroxylation sites is 1. The molecule has 3 rings (SSSR count). The van der Waals surface area contributed by atoms with Gasteiger partial charge in [0.25, 0.3) is 0 Å². The molecule has 3 aromatic rings. The minimum Gasteiger partial charge on any atom is -0.490 e. The quantitative estimate of drug-likeness (QED) is 0.633. The Bertz CT molecular complexity index is 783. The van der Waals surface area contributed by atoms with E-state index in [1.54, 1.807) is 0 Å². The lowest BCUT2D eigenvalue weighted by Gasteiger charge is -2.16. The van der Waals surface area contributed by atoms with E-state index in [1.807, 2.05) is 66.7 Å². The Kier molecular flexibility index (Phi) is 5.41. The molecule has 1 N–H and O–H groups in total. The van der Waals surface area contributed by atoms with Gasteiger partial charge in [-0.25, -0.2) is 0 Å². The van der Waals surface area contributed by atoms with Gasteiger partial charge in [-0.05, 0) is 35.4 Å². The van der Waals surface area contributed by atoms with Crippen LogP contribution in [0.4, 0.5) is 0 Å². The Hall–Kier alpha value is -2.00. The molecule has 0 heterocycles. The maximum Gasteiger partial charge on any atom is 0.135 e. The molecule has 0 saturated heterocycles. The van der Waals surface area contributed by atoms with Crippen LogP contribution in [-0.4, -0.2) is 18.3 Å². The number of hydrogen-bond acceptors (Lipinski definition) is 2. The van der Waals surface area contributed by atoms with E-state index < -0.39 is 0 Å². The molecule has 0 saturated carbocycles. The first-order valence-corrected chi connectivity index (χ1v) is 8.33. The smallest absolute Gasteiger partial charge is 0.135 e. The molecule has 4 heteroatoms. The number of aliphatic hydroxyl groups is 1. The molecule has 0 amide bonds. The number of aliphatic hydroxyl groups excluding tert-OH is 1. The van der Waals surface area contributed by atoms with Crippen LogP contribution in [-0.2, 0) is 0 Å². The van der Waals surface area contributed by atoms with Gasteiger partial charge in [0.15, 0.2) is 0 Å². The van der Waals surface area contributed by atoms with Gasteiger partial charge in [-0.15, -0.1) is 0 Å². The molecular formula is C20H16Cl2O2. The third kappa shape index (κ3) is 3.73. The SMILES string of the molecule is OCCOc1c(-c2cccc(Cl)c2)cccc1-c1cccc(Cl)c1. The monoisotopic (exact) mass is 358 g/mol. The third-order valence-corrected chi connectivity index (χ3v) is 4.09. The molecule has 122 valence electrons. The molecule has 0 atom stereocenters. The molecule has 0 fully saturated rings. The zero-order chi connectivity index (χ0) is 16.9. The molecule has 0 unspecified atom stereocenters. The first-order valence-electron chi connectivity index (χ1n) is 7.57. The van der Waals surface area contributed by atoms with Crippen molar-refractivity contribution in [2.45, 2.75) is 0 Å². The fourth-order valence-electron chi connectivity index (χ4n) is 2.61. The van der Waals surface area contributed by atoms with Crippen molar-refractivity contribution in [3.63, 3.8) is 0 Å². The molecule has 0 aliphatic carbocycles. The van der Waals surface area contributed by atoms with Crippen molar-refractivity contribution >= 4 is 23.2 Å². The van der Waals surface area contributed by atoms with Crippen LogP contribution in [0.2, 0.25) is 10.0 Å². The number of halogens is 2. The van der Waals surface area contributed by atoms with Gasteiger partial charge in [0, 0.05) is 21.2 Å². The minimum atomic E-state index is -0.0567. The molecule has 0 bridgehead atoms. The molecule has 24 heavy (non-hydrogen) atoms. The molecule has 0 aromatic heterocycles. The predicted octanol–water partition coefficient (Wildman–Crippen LogP) is 5.70. The van der Waals surface area contributed by atoms with Crippen LogP contribution in [0.25, 0.3) is 22.3 Å². The first kappa shape index (κ1) is 16.8. The highest BCUT2D eigenvalue weighted by Gasteiger charge is 2.14. The Balaban J connectivity index is 2.17. The Morgan fingerprint density at radius 1 is 0.750 bits per heavy atom. The van der Waals surface area contributed by atoms with Crippen molar-refractivity contribution in [2.24, 2.45) is 0 Å². The molecule has 0 aliphatic rings. The topological polar surface area (TPSA) is 29.5 Å². The Morgan fingerprint density at radius 3 is 1.71 bits per heavy atom. The standard InChI is InChI=1S/C20H16Cl2O2/c21-16-6-1-4-14(12-16)18-8-3-9-19(20(18)24-11-10-23)15-5-2-7-17(22)13-15/h1-9,12-13,23H,10-11H2. The van der Waals surface area contributed by atoms with Crippen LogP contribution in [0, 0.1) is 0 Å². The highest BCUT2D eigenvalue weighted by Crippen LogP contribution is 2.40. The largest absolute Gasteiger partial charge is 0.490 e. The van der Waals surface area contributed by atoms with Gasteiger partial charge in [0.05, 0.1) is 6.61 Å². The highest BCUT2D eigenvalue weighted by atomic mass is 35.5. The zero-order valence-corrected chi connectivity index (χ0v) is 14.4. The lowest BCUT2D eigenvalue weighted by Crippen LogP contribution is -2.04. The maximum atomic E-state index is 9.17. The van der Waals surface area contributed by atoms with Crippen LogP contribution in [0.3, 0.4) is 0 Å². The van der Waals surface area contributed by atoms with Gasteiger partial charge in [-0.1, -0.05) is 65.7 Å². The average molecular weight is 359 g/mol. The van der Waals surface area contributed by atoms with Gasteiger partial charge >= 0.3 is 0 Å². The molecule has 2 nitrogen and oxygen atoms in total. The van der Waals surface area contributed by atoms with Gasteiger partial charge in [0.1, 0.15) is 12.4 Å². The number of benzene rings is 3. The molecular weight excluding hydrogens is 343 g/mol. The summed E-state index contributed by atoms with van der Waals surface area (Å²) in [5.74, 6) is 0.705. The van der Waals surface area contributed by atoms with Gasteiger partial charge < -0.3 is 9.84 Å². The fourth-order valence-corrected chi connectivity index (χ4v) is 2.99. The van der Waals surface area contributed by atoms with E-state index >= 15 is 0 Å². The summed E-state index contributed by atoms with van der Waals surface area (Å²) >= 11 is 12.3. The van der Waals surface area contributed by atoms with Crippen molar-refractivity contribution in [3.05, 3.63) is 76.8 Å². The summed E-state index contributed by atoms with van der Waals surface area (Å²) in [4.78, 5) is 0. The summed E-state index contributed by atoms with van der Waals surface area (Å²) in [6.07, 6.45) is 0. The fraction of sp³-hybridized carbons (Fsp3) is 0.100. The number of rotatable bonds is 5. The average Bonchev–Trinajstić information content (AvgIpc) is 2.59. The van der Waals surface area contributed by atoms with Crippen LogP contribution in [0.15, 0.2) is 66.7 Å². The van der Waals surface area contributed by atoms with Gasteiger partial charge in [0.2, 0.25) is 0 Å². The van der Waals surface area contributed by atoms with Crippen LogP contribution < -0.4 is 4.74 Å². The summed E-state index contributed by atoms with van der Waals surface area (Å²) in [6, 6.07) is 21.1. The third-order valence-electron chi connectivity index (χ3n) is 3.62. The minimum absolute atomic E-state index is 0.0567. The van der Waals surface area contributed by atoms with E-state index in [2.05, 4.69) is 0 Å². The highest BCUT2D eigenvalue weighted by molar-refractivity contribution is 6.31. The van der Waals surface area contributed by atoms with Gasteiger partial charge in [-0.2, -0.15) is 0 Å². The molecule has 0 spiro atoms. The van der Waals surface area contributed by atoms with Crippen LogP contribution in [0.1, 0.15) is 0 Å². The molecule has 0 radical (unpaired) electrons. The van der Waals surface area contributed by atoms with Crippen LogP contribution >= 0.6 is 23.2 Å². The van der Waals surface area contributed by atoms with E-state index in [1.165, 1.54) is 0 Å². The second-order valence-electron chi connectivity index (χ2n) is 5.28. The maximum absolute atomic E-state index is 9.17. The van der Waals surface area contributed by atoms with E-state index in [-0.39, 0.29) is 13.2 Å². The predicted molar refractivity (Wildman–Crippen MR) is 99.9 cm³/mol. The lowest BCUT2D eigenvalue weighted by atomic mass is 9.97. The second kappa shape index (κ2) is 7.71. The number of ether oxygens (including phenoxy) is 1. The lowest BCUT2D eigenvalue weighted by molar-refractivity contribution is 0.202. The van der Waals surface area contributed by atoms with Crippen LogP contribution in [0.5, 0.6) is 5.75 Å². The first-order chi connectivity index (χ1) is 11.7. The van der Waals surface area contributed by atoms with Crippen molar-refractivity contribution in [3.8, 4) is 28.0 Å². The van der Waals surface area contributed by atoms with E-state index in [0.29, 0.717) is 15.8 Å². The molecule has 0 aliphatic heterocycles. The summed E-state index contributed by atoms with van der Waals surface area (Å²) in [5.41, 5.74) is 3.76. The zero-order valence-electron chi connectivity index (χ0n) is 12.9. The van der Waals surface area contributed by atoms with E-state index in [4.69, 9.17) is 27.9 Å². The molecule has 3 aromatic carbocycles. The van der Waals surface area contributed by atoms with Gasteiger partial charge in [-0.3, -0.25) is 0 Å². The van der Waals surface area contributed by atoms with E-state index in [0.717, 1.165) is 22.3 Å². The second-order valence-corrected chi connectivity index (χ2v) is 6.15. The summed E-state index contributed by atoms with van der Waals surface area (Å²) in [6.45, 7) is 0.157. The van der Waals surface area contributed by atoms with Crippen molar-refractivity contribution in [2.75, 3.05) is 13.2 Å². The summed E-state index contributed by atoms with van der Waals surface area (Å²) in [7, 11) is 0. The van der Waals surface area contributed by atoms with Crippen molar-refractivity contribution in [1.82, 2.24) is 0 Å². The summed E-state index contributed by atoms with van der Waals surface area (Å²) in [5, 5.41) is 10.5. The normalized spacial score (nSPS) is 10.6. The number of hydrogen-bond donors (Lipinski definition) is 1. The van der Waals surface area contributed by atoms with Crippen molar-refractivity contribution < 1.29 is 9.84 Å². The van der Waals surface area contributed by atoms with Crippen molar-refractivity contribution in [1.29, 1.82) is 0 Å². The summed E-state index contributed by atoms with van der Waals surface area (Å²) < 4.78 is 5.87. The van der Waals surface area contributed by atoms with E-state index in [9.17, 15) is 5.11 Å².